The van der Waals surface area contributed by atoms with Gasteiger partial charge in [0, 0.05) is 28.5 Å². The van der Waals surface area contributed by atoms with Crippen LogP contribution in [0.1, 0.15) is 29.4 Å². The lowest BCUT2D eigenvalue weighted by molar-refractivity contribution is -0.118. The van der Waals surface area contributed by atoms with E-state index >= 15 is 0 Å². The van der Waals surface area contributed by atoms with Gasteiger partial charge in [0.2, 0.25) is 5.91 Å². The number of carbonyl (C=O) groups is 2. The molecule has 9 heteroatoms. The highest BCUT2D eigenvalue weighted by atomic mass is 79.9. The fourth-order valence-corrected chi connectivity index (χ4v) is 4.13. The van der Waals surface area contributed by atoms with Crippen LogP contribution in [-0.4, -0.2) is 33.6 Å². The van der Waals surface area contributed by atoms with Crippen molar-refractivity contribution in [2.24, 2.45) is 0 Å². The topological polar surface area (TPSA) is 84.0 Å². The summed E-state index contributed by atoms with van der Waals surface area (Å²) in [5.41, 5.74) is 1.78. The lowest BCUT2D eigenvalue weighted by atomic mass is 10.0. The Balaban J connectivity index is 1.80. The predicted molar refractivity (Wildman–Crippen MR) is 135 cm³/mol. The number of carbonyl (C=O) groups excluding carboxylic acids is 2. The zero-order valence-electron chi connectivity index (χ0n) is 17.3. The van der Waals surface area contributed by atoms with Gasteiger partial charge in [-0.05, 0) is 52.2 Å². The van der Waals surface area contributed by atoms with E-state index in [0.717, 1.165) is 22.2 Å². The molecule has 0 fully saturated rings. The number of thioether (sulfide) groups is 1. The summed E-state index contributed by atoms with van der Waals surface area (Å²) in [5.74, 6) is 0.106. The van der Waals surface area contributed by atoms with Crippen molar-refractivity contribution in [2.75, 3.05) is 11.1 Å². The Hall–Kier alpha value is -2.23. The second-order valence-corrected chi connectivity index (χ2v) is 9.74. The summed E-state index contributed by atoms with van der Waals surface area (Å²) in [7, 11) is 0. The smallest absolute Gasteiger partial charge is 0.271 e. The Morgan fingerprint density at radius 2 is 1.78 bits per heavy atom. The van der Waals surface area contributed by atoms with Crippen molar-refractivity contribution >= 4 is 61.1 Å². The van der Waals surface area contributed by atoms with Crippen LogP contribution < -0.4 is 10.6 Å². The number of nitrogens with one attached hydrogen (secondary N) is 2. The second-order valence-electron chi connectivity index (χ2n) is 6.91. The molecule has 0 bridgehead atoms. The molecule has 3 aromatic rings. The average Bonchev–Trinajstić information content (AvgIpc) is 2.80. The summed E-state index contributed by atoms with van der Waals surface area (Å²) in [6, 6.07) is 16.0. The van der Waals surface area contributed by atoms with Crippen LogP contribution in [0.3, 0.4) is 0 Å². The maximum absolute atomic E-state index is 13.1. The van der Waals surface area contributed by atoms with Crippen LogP contribution in [-0.2, 0) is 11.2 Å². The number of rotatable bonds is 9. The first-order chi connectivity index (χ1) is 15.5. The maximum Gasteiger partial charge on any atom is 0.271 e. The van der Waals surface area contributed by atoms with Crippen LogP contribution in [0.5, 0.6) is 0 Å². The molecule has 0 saturated carbocycles. The fourth-order valence-electron chi connectivity index (χ4n) is 2.82. The summed E-state index contributed by atoms with van der Waals surface area (Å²) in [6.07, 6.45) is 2.88. The summed E-state index contributed by atoms with van der Waals surface area (Å²) in [4.78, 5) is 34.8. The largest absolute Gasteiger partial charge is 0.339 e. The third-order valence-corrected chi connectivity index (χ3v) is 6.56. The van der Waals surface area contributed by atoms with Crippen molar-refractivity contribution in [1.29, 1.82) is 0 Å². The molecule has 166 valence electrons. The van der Waals surface area contributed by atoms with Gasteiger partial charge in [0.25, 0.3) is 5.91 Å². The highest BCUT2D eigenvalue weighted by Crippen LogP contribution is 2.20. The fraction of sp³-hybridized carbons (Fsp3) is 0.217. The number of aromatic nitrogens is 2. The minimum atomic E-state index is -0.790. The first kappa shape index (κ1) is 24.4. The zero-order chi connectivity index (χ0) is 22.9. The Bertz CT molecular complexity index is 1070. The van der Waals surface area contributed by atoms with Crippen LogP contribution in [0.25, 0.3) is 0 Å². The van der Waals surface area contributed by atoms with Crippen LogP contribution >= 0.6 is 43.6 Å². The third kappa shape index (κ3) is 7.15. The predicted octanol–water partition coefficient (Wildman–Crippen LogP) is 5.48. The molecule has 0 aliphatic carbocycles. The quantitative estimate of drug-likeness (QED) is 0.260. The van der Waals surface area contributed by atoms with E-state index in [9.17, 15) is 9.59 Å². The van der Waals surface area contributed by atoms with Crippen molar-refractivity contribution in [3.63, 3.8) is 0 Å². The molecule has 0 saturated heterocycles. The van der Waals surface area contributed by atoms with E-state index in [0.29, 0.717) is 21.7 Å². The van der Waals surface area contributed by atoms with Gasteiger partial charge in [0.05, 0.1) is 4.47 Å². The number of benzene rings is 2. The van der Waals surface area contributed by atoms with Crippen LogP contribution in [0, 0.1) is 0 Å². The van der Waals surface area contributed by atoms with E-state index in [1.807, 2.05) is 42.5 Å². The van der Waals surface area contributed by atoms with Gasteiger partial charge in [-0.2, -0.15) is 0 Å². The summed E-state index contributed by atoms with van der Waals surface area (Å²) < 4.78 is 1.39. The average molecular weight is 578 g/mol. The zero-order valence-corrected chi connectivity index (χ0v) is 21.3. The van der Waals surface area contributed by atoms with Crippen molar-refractivity contribution in [1.82, 2.24) is 15.3 Å². The number of anilines is 1. The van der Waals surface area contributed by atoms with Gasteiger partial charge < -0.3 is 10.6 Å². The monoisotopic (exact) mass is 576 g/mol. The Morgan fingerprint density at radius 1 is 1.06 bits per heavy atom. The number of halogens is 2. The van der Waals surface area contributed by atoms with Gasteiger partial charge in [-0.25, -0.2) is 9.97 Å². The highest BCUT2D eigenvalue weighted by Gasteiger charge is 2.24. The minimum absolute atomic E-state index is 0.202. The lowest BCUT2D eigenvalue weighted by Gasteiger charge is -2.19. The molecule has 2 aromatic carbocycles. The van der Waals surface area contributed by atoms with Crippen molar-refractivity contribution in [2.45, 2.75) is 31.0 Å². The van der Waals surface area contributed by atoms with Gasteiger partial charge in [-0.1, -0.05) is 64.9 Å². The molecule has 2 N–H and O–H groups in total. The van der Waals surface area contributed by atoms with Crippen LogP contribution in [0.4, 0.5) is 5.69 Å². The number of nitrogens with zero attached hydrogens (tertiary/aromatic N) is 2. The Labute approximate surface area is 208 Å². The Kier molecular flexibility index (Phi) is 9.25. The number of hydrogen-bond donors (Lipinski definition) is 2. The number of amides is 2. The first-order valence-corrected chi connectivity index (χ1v) is 12.6. The molecule has 0 spiro atoms. The molecular formula is C23H22Br2N4O2S. The van der Waals surface area contributed by atoms with Gasteiger partial charge in [-0.3, -0.25) is 9.59 Å². The molecule has 2 amide bonds. The second kappa shape index (κ2) is 12.1. The molecule has 3 rings (SSSR count). The van der Waals surface area contributed by atoms with Crippen LogP contribution in [0.2, 0.25) is 0 Å². The van der Waals surface area contributed by atoms with E-state index in [1.54, 1.807) is 18.3 Å². The van der Waals surface area contributed by atoms with Gasteiger partial charge >= 0.3 is 0 Å². The molecule has 32 heavy (non-hydrogen) atoms. The van der Waals surface area contributed by atoms with Crippen molar-refractivity contribution in [3.05, 3.63) is 81.0 Å². The summed E-state index contributed by atoms with van der Waals surface area (Å²) in [6.45, 7) is 2.07. The van der Waals surface area contributed by atoms with Crippen LogP contribution in [0.15, 0.2) is 74.9 Å². The summed E-state index contributed by atoms with van der Waals surface area (Å²) >= 11 is 8.22. The molecule has 1 atom stereocenters. The van der Waals surface area contributed by atoms with Gasteiger partial charge in [0.1, 0.15) is 11.7 Å². The third-order valence-electron chi connectivity index (χ3n) is 4.39. The minimum Gasteiger partial charge on any atom is -0.339 e. The molecule has 0 radical (unpaired) electrons. The van der Waals surface area contributed by atoms with Crippen molar-refractivity contribution in [3.8, 4) is 0 Å². The molecule has 1 aromatic heterocycles. The standard InChI is InChI=1S/C23H22Br2N4O2S/c1-2-12-32-23-26-14-18(25)20(29-23)22(31)28-19(13-15-6-4-3-5-7-15)21(30)27-17-10-8-16(24)9-11-17/h3-11,14,19H,2,12-13H2,1H3,(H,27,30)(H,28,31)/t19-/m1/s1. The van der Waals surface area contributed by atoms with Gasteiger partial charge in [-0.15, -0.1) is 0 Å². The first-order valence-electron chi connectivity index (χ1n) is 10.0. The molecule has 0 aliphatic rings. The molecule has 0 unspecified atom stereocenters. The van der Waals surface area contributed by atoms with E-state index in [-0.39, 0.29) is 11.6 Å². The van der Waals surface area contributed by atoms with Gasteiger partial charge in [0.15, 0.2) is 5.16 Å². The molecule has 1 heterocycles. The normalized spacial score (nSPS) is 11.6. The maximum atomic E-state index is 13.1. The van der Waals surface area contributed by atoms with E-state index in [1.165, 1.54) is 11.8 Å². The molecule has 6 nitrogen and oxygen atoms in total. The summed E-state index contributed by atoms with van der Waals surface area (Å²) in [5, 5.41) is 6.25. The molecule has 0 aliphatic heterocycles. The number of hydrogen-bond acceptors (Lipinski definition) is 5. The van der Waals surface area contributed by atoms with E-state index < -0.39 is 11.9 Å². The Morgan fingerprint density at radius 3 is 2.47 bits per heavy atom. The molecular weight excluding hydrogens is 556 g/mol. The lowest BCUT2D eigenvalue weighted by Crippen LogP contribution is -2.45. The van der Waals surface area contributed by atoms with E-state index in [2.05, 4.69) is 59.4 Å². The SMILES string of the molecule is CCCSc1ncc(Br)c(C(=O)N[C@H](Cc2ccccc2)C(=O)Nc2ccc(Br)cc2)n1. The highest BCUT2D eigenvalue weighted by molar-refractivity contribution is 9.10. The van der Waals surface area contributed by atoms with Crippen molar-refractivity contribution < 1.29 is 9.59 Å². The van der Waals surface area contributed by atoms with E-state index in [4.69, 9.17) is 0 Å².